The molecule has 1 amide bonds. The Hall–Kier alpha value is -1.89. The summed E-state index contributed by atoms with van der Waals surface area (Å²) in [5, 5.41) is 2.74. The lowest BCUT2D eigenvalue weighted by molar-refractivity contribution is -0.147. The molecule has 1 aromatic carbocycles. The monoisotopic (exact) mass is 425 g/mol. The molecule has 142 valence electrons. The molecule has 0 aliphatic heterocycles. The maximum absolute atomic E-state index is 12.3. The fraction of sp³-hybridized carbons (Fsp3) is 0.526. The second-order valence-electron chi connectivity index (χ2n) is 7.33. The smallest absolute Gasteiger partial charge is 0.407 e. The van der Waals surface area contributed by atoms with Gasteiger partial charge >= 0.3 is 12.1 Å². The SMILES string of the molecule is CC(C)(C)OC(=O)N[C@@H]1CCC[C@H]1C(=O)OCC(=O)c1ccc(Br)cc1. The van der Waals surface area contributed by atoms with Gasteiger partial charge in [0, 0.05) is 16.1 Å². The van der Waals surface area contributed by atoms with Crippen molar-refractivity contribution >= 4 is 33.8 Å². The highest BCUT2D eigenvalue weighted by Gasteiger charge is 2.36. The maximum Gasteiger partial charge on any atom is 0.407 e. The van der Waals surface area contributed by atoms with Gasteiger partial charge in [0.1, 0.15) is 5.60 Å². The van der Waals surface area contributed by atoms with Crippen LogP contribution in [0.3, 0.4) is 0 Å². The number of Topliss-reactive ketones (excluding diaryl/α,β-unsaturated/α-hetero) is 1. The van der Waals surface area contributed by atoms with Crippen molar-refractivity contribution in [1.29, 1.82) is 0 Å². The van der Waals surface area contributed by atoms with Gasteiger partial charge in [-0.15, -0.1) is 0 Å². The fourth-order valence-corrected chi connectivity index (χ4v) is 3.10. The molecule has 1 saturated carbocycles. The Balaban J connectivity index is 1.86. The number of benzene rings is 1. The molecule has 1 aliphatic rings. The topological polar surface area (TPSA) is 81.7 Å². The van der Waals surface area contributed by atoms with E-state index in [4.69, 9.17) is 9.47 Å². The first-order chi connectivity index (χ1) is 12.2. The molecule has 0 heterocycles. The van der Waals surface area contributed by atoms with Gasteiger partial charge in [-0.1, -0.05) is 34.5 Å². The van der Waals surface area contributed by atoms with Gasteiger partial charge in [0.15, 0.2) is 12.4 Å². The molecular weight excluding hydrogens is 402 g/mol. The summed E-state index contributed by atoms with van der Waals surface area (Å²) >= 11 is 3.30. The van der Waals surface area contributed by atoms with Crippen LogP contribution in [0.5, 0.6) is 0 Å². The van der Waals surface area contributed by atoms with Gasteiger partial charge < -0.3 is 14.8 Å². The number of hydrogen-bond acceptors (Lipinski definition) is 5. The standard InChI is InChI=1S/C19H24BrNO5/c1-19(2,3)26-18(24)21-15-6-4-5-14(15)17(23)25-11-16(22)12-7-9-13(20)10-8-12/h7-10,14-15H,4-6,11H2,1-3H3,(H,21,24)/t14-,15-/m1/s1. The van der Waals surface area contributed by atoms with Crippen LogP contribution in [0.15, 0.2) is 28.7 Å². The maximum atomic E-state index is 12.3. The minimum Gasteiger partial charge on any atom is -0.457 e. The number of esters is 1. The van der Waals surface area contributed by atoms with Crippen LogP contribution in [0.1, 0.15) is 50.4 Å². The number of hydrogen-bond donors (Lipinski definition) is 1. The second-order valence-corrected chi connectivity index (χ2v) is 8.24. The Morgan fingerprint density at radius 1 is 1.15 bits per heavy atom. The lowest BCUT2D eigenvalue weighted by Gasteiger charge is -2.24. The quantitative estimate of drug-likeness (QED) is 0.571. The number of alkyl carbamates (subject to hydrolysis) is 1. The van der Waals surface area contributed by atoms with Gasteiger partial charge in [0.2, 0.25) is 0 Å². The molecule has 2 atom stereocenters. The number of rotatable bonds is 5. The Labute approximate surface area is 161 Å². The number of amides is 1. The lowest BCUT2D eigenvalue weighted by Crippen LogP contribution is -2.43. The fourth-order valence-electron chi connectivity index (χ4n) is 2.84. The Morgan fingerprint density at radius 3 is 2.42 bits per heavy atom. The van der Waals surface area contributed by atoms with Crippen LogP contribution in [0.25, 0.3) is 0 Å². The van der Waals surface area contributed by atoms with Crippen LogP contribution >= 0.6 is 15.9 Å². The Kier molecular flexibility index (Phi) is 6.81. The zero-order valence-electron chi connectivity index (χ0n) is 15.2. The normalized spacial score (nSPS) is 19.7. The lowest BCUT2D eigenvalue weighted by atomic mass is 10.0. The first kappa shape index (κ1) is 20.4. The molecule has 1 aromatic rings. The van der Waals surface area contributed by atoms with Crippen molar-refractivity contribution in [3.05, 3.63) is 34.3 Å². The van der Waals surface area contributed by atoms with E-state index in [1.165, 1.54) is 0 Å². The van der Waals surface area contributed by atoms with Crippen molar-refractivity contribution in [2.75, 3.05) is 6.61 Å². The largest absolute Gasteiger partial charge is 0.457 e. The zero-order valence-corrected chi connectivity index (χ0v) is 16.8. The molecule has 0 unspecified atom stereocenters. The van der Waals surface area contributed by atoms with Crippen LogP contribution in [0.2, 0.25) is 0 Å². The number of nitrogens with one attached hydrogen (secondary N) is 1. The molecule has 1 N–H and O–H groups in total. The molecule has 0 radical (unpaired) electrons. The van der Waals surface area contributed by atoms with Crippen molar-refractivity contribution in [2.45, 2.75) is 51.7 Å². The highest BCUT2D eigenvalue weighted by atomic mass is 79.9. The number of carbonyl (C=O) groups is 3. The first-order valence-corrected chi connectivity index (χ1v) is 9.40. The predicted molar refractivity (Wildman–Crippen MR) is 99.9 cm³/mol. The molecule has 0 aromatic heterocycles. The highest BCUT2D eigenvalue weighted by Crippen LogP contribution is 2.27. The number of halogens is 1. The third-order valence-electron chi connectivity index (χ3n) is 4.03. The van der Waals surface area contributed by atoms with E-state index in [9.17, 15) is 14.4 Å². The average Bonchev–Trinajstić information content (AvgIpc) is 2.99. The Morgan fingerprint density at radius 2 is 1.81 bits per heavy atom. The molecule has 26 heavy (non-hydrogen) atoms. The zero-order chi connectivity index (χ0) is 19.3. The molecule has 6 nitrogen and oxygen atoms in total. The van der Waals surface area contributed by atoms with Crippen molar-refractivity contribution in [3.63, 3.8) is 0 Å². The van der Waals surface area contributed by atoms with Crippen LogP contribution in [-0.2, 0) is 14.3 Å². The average molecular weight is 426 g/mol. The molecule has 0 bridgehead atoms. The van der Waals surface area contributed by atoms with Crippen LogP contribution < -0.4 is 5.32 Å². The number of ketones is 1. The summed E-state index contributed by atoms with van der Waals surface area (Å²) in [6.07, 6.45) is 1.56. The van der Waals surface area contributed by atoms with Gasteiger partial charge in [-0.2, -0.15) is 0 Å². The number of ether oxygens (including phenoxy) is 2. The van der Waals surface area contributed by atoms with Gasteiger partial charge in [-0.25, -0.2) is 4.79 Å². The highest BCUT2D eigenvalue weighted by molar-refractivity contribution is 9.10. The summed E-state index contributed by atoms with van der Waals surface area (Å²) < 4.78 is 11.3. The van der Waals surface area contributed by atoms with Crippen molar-refractivity contribution in [1.82, 2.24) is 5.32 Å². The summed E-state index contributed by atoms with van der Waals surface area (Å²) in [6, 6.07) is 6.52. The number of carbonyl (C=O) groups excluding carboxylic acids is 3. The molecule has 2 rings (SSSR count). The van der Waals surface area contributed by atoms with E-state index in [1.807, 2.05) is 0 Å². The summed E-state index contributed by atoms with van der Waals surface area (Å²) in [7, 11) is 0. The molecule has 1 aliphatic carbocycles. The van der Waals surface area contributed by atoms with Gasteiger partial charge in [0.05, 0.1) is 5.92 Å². The third kappa shape index (κ3) is 6.12. The van der Waals surface area contributed by atoms with E-state index < -0.39 is 23.6 Å². The van der Waals surface area contributed by atoms with Crippen molar-refractivity contribution in [2.24, 2.45) is 5.92 Å². The molecule has 1 fully saturated rings. The first-order valence-electron chi connectivity index (χ1n) is 8.60. The minimum atomic E-state index is -0.601. The van der Waals surface area contributed by atoms with E-state index in [2.05, 4.69) is 21.2 Å². The summed E-state index contributed by atoms with van der Waals surface area (Å²) in [5.41, 5.74) is -0.119. The summed E-state index contributed by atoms with van der Waals surface area (Å²) in [4.78, 5) is 36.4. The van der Waals surface area contributed by atoms with E-state index in [0.717, 1.165) is 10.9 Å². The van der Waals surface area contributed by atoms with Crippen LogP contribution in [0.4, 0.5) is 4.79 Å². The van der Waals surface area contributed by atoms with Crippen molar-refractivity contribution in [3.8, 4) is 0 Å². The third-order valence-corrected chi connectivity index (χ3v) is 4.56. The van der Waals surface area contributed by atoms with E-state index in [1.54, 1.807) is 45.0 Å². The minimum absolute atomic E-state index is 0.263. The summed E-state index contributed by atoms with van der Waals surface area (Å²) in [6.45, 7) is 5.03. The predicted octanol–water partition coefficient (Wildman–Crippen LogP) is 3.87. The molecule has 0 saturated heterocycles. The molecular formula is C19H24BrNO5. The van der Waals surface area contributed by atoms with E-state index in [-0.39, 0.29) is 18.4 Å². The molecule has 7 heteroatoms. The molecule has 0 spiro atoms. The Bertz CT molecular complexity index is 666. The van der Waals surface area contributed by atoms with Crippen LogP contribution in [0, 0.1) is 5.92 Å². The van der Waals surface area contributed by atoms with Gasteiger partial charge in [0.25, 0.3) is 0 Å². The van der Waals surface area contributed by atoms with Crippen molar-refractivity contribution < 1.29 is 23.9 Å². The van der Waals surface area contributed by atoms with Gasteiger partial charge in [-0.3, -0.25) is 9.59 Å². The van der Waals surface area contributed by atoms with Crippen LogP contribution in [-0.4, -0.2) is 36.1 Å². The van der Waals surface area contributed by atoms with E-state index >= 15 is 0 Å². The van der Waals surface area contributed by atoms with E-state index in [0.29, 0.717) is 18.4 Å². The second kappa shape index (κ2) is 8.66. The van der Waals surface area contributed by atoms with Gasteiger partial charge in [-0.05, 0) is 45.7 Å². The summed E-state index contributed by atoms with van der Waals surface area (Å²) in [5.74, 6) is -1.19.